The molecule has 2 aliphatic rings. The van der Waals surface area contributed by atoms with Crippen LogP contribution in [-0.4, -0.2) is 29.3 Å². The third kappa shape index (κ3) is 4.27. The monoisotopic (exact) mass is 404 g/mol. The molecule has 1 atom stereocenters. The summed E-state index contributed by atoms with van der Waals surface area (Å²) in [6, 6.07) is 13.1. The van der Waals surface area contributed by atoms with Crippen molar-refractivity contribution < 1.29 is 19.1 Å². The second-order valence-corrected chi connectivity index (χ2v) is 7.64. The van der Waals surface area contributed by atoms with Crippen LogP contribution in [0.5, 0.6) is 0 Å². The minimum Gasteiger partial charge on any atom is -0.455 e. The standard InChI is InChI=1S/C24H24N2O4/c1-16(27)26-12-11-18-5-2-3-8-21(18)22(26)14-24(29)30-15-23(28)25-20-10-9-17-6-4-7-19(17)13-20/h2-3,5,8-13,22H,4,6-7,14-15H2,1H3,(H,25,28)/t22-/m1/s1. The van der Waals surface area contributed by atoms with Gasteiger partial charge in [-0.25, -0.2) is 0 Å². The number of nitrogens with zero attached hydrogens (tertiary/aromatic N) is 1. The molecule has 1 heterocycles. The molecule has 0 saturated carbocycles. The van der Waals surface area contributed by atoms with Crippen LogP contribution in [0.1, 0.15) is 48.1 Å². The fraction of sp³-hybridized carbons (Fsp3) is 0.292. The van der Waals surface area contributed by atoms with E-state index < -0.39 is 12.0 Å². The molecular weight excluding hydrogens is 380 g/mol. The Morgan fingerprint density at radius 2 is 1.90 bits per heavy atom. The maximum Gasteiger partial charge on any atom is 0.308 e. The summed E-state index contributed by atoms with van der Waals surface area (Å²) in [5.41, 5.74) is 5.15. The first kappa shape index (κ1) is 19.9. The lowest BCUT2D eigenvalue weighted by Crippen LogP contribution is -2.33. The van der Waals surface area contributed by atoms with Crippen molar-refractivity contribution in [2.75, 3.05) is 11.9 Å². The van der Waals surface area contributed by atoms with E-state index in [1.54, 1.807) is 6.20 Å². The number of hydrogen-bond donors (Lipinski definition) is 1. The van der Waals surface area contributed by atoms with Gasteiger partial charge in [-0.05, 0) is 59.7 Å². The van der Waals surface area contributed by atoms with E-state index in [-0.39, 0.29) is 24.8 Å². The third-order valence-corrected chi connectivity index (χ3v) is 5.58. The highest BCUT2D eigenvalue weighted by Crippen LogP contribution is 2.33. The van der Waals surface area contributed by atoms with E-state index in [4.69, 9.17) is 4.74 Å². The number of rotatable bonds is 5. The Morgan fingerprint density at radius 1 is 1.10 bits per heavy atom. The van der Waals surface area contributed by atoms with Gasteiger partial charge in [0, 0.05) is 18.8 Å². The van der Waals surface area contributed by atoms with E-state index in [2.05, 4.69) is 5.32 Å². The van der Waals surface area contributed by atoms with Crippen LogP contribution >= 0.6 is 0 Å². The predicted molar refractivity (Wildman–Crippen MR) is 113 cm³/mol. The zero-order chi connectivity index (χ0) is 21.1. The lowest BCUT2D eigenvalue weighted by Gasteiger charge is -2.32. The van der Waals surface area contributed by atoms with Gasteiger partial charge in [-0.1, -0.05) is 30.3 Å². The fourth-order valence-electron chi connectivity index (χ4n) is 4.12. The molecule has 2 aromatic carbocycles. The van der Waals surface area contributed by atoms with Gasteiger partial charge in [0.2, 0.25) is 5.91 Å². The van der Waals surface area contributed by atoms with Crippen molar-refractivity contribution in [2.24, 2.45) is 0 Å². The number of carbonyl (C=O) groups excluding carboxylic acids is 3. The summed E-state index contributed by atoms with van der Waals surface area (Å²) in [7, 11) is 0. The zero-order valence-corrected chi connectivity index (χ0v) is 16.9. The Morgan fingerprint density at radius 3 is 2.73 bits per heavy atom. The second-order valence-electron chi connectivity index (χ2n) is 7.64. The van der Waals surface area contributed by atoms with Gasteiger partial charge in [0.25, 0.3) is 5.91 Å². The maximum atomic E-state index is 12.4. The van der Waals surface area contributed by atoms with Gasteiger partial charge in [0.15, 0.2) is 6.61 Å². The molecule has 0 bridgehead atoms. The number of hydrogen-bond acceptors (Lipinski definition) is 4. The van der Waals surface area contributed by atoms with Gasteiger partial charge in [-0.15, -0.1) is 0 Å². The zero-order valence-electron chi connectivity index (χ0n) is 16.9. The molecule has 1 aliphatic heterocycles. The van der Waals surface area contributed by atoms with Gasteiger partial charge in [-0.2, -0.15) is 0 Å². The Labute approximate surface area is 175 Å². The van der Waals surface area contributed by atoms with E-state index in [0.29, 0.717) is 5.69 Å². The lowest BCUT2D eigenvalue weighted by atomic mass is 9.94. The van der Waals surface area contributed by atoms with Crippen molar-refractivity contribution in [3.8, 4) is 0 Å². The van der Waals surface area contributed by atoms with Crippen molar-refractivity contribution in [3.05, 3.63) is 70.9 Å². The van der Waals surface area contributed by atoms with E-state index in [0.717, 1.165) is 30.4 Å². The second kappa shape index (κ2) is 8.53. The molecule has 2 amide bonds. The molecule has 1 N–H and O–H groups in total. The molecule has 30 heavy (non-hydrogen) atoms. The number of nitrogens with one attached hydrogen (secondary N) is 1. The van der Waals surface area contributed by atoms with Gasteiger partial charge >= 0.3 is 5.97 Å². The summed E-state index contributed by atoms with van der Waals surface area (Å²) in [5.74, 6) is -1.07. The largest absolute Gasteiger partial charge is 0.455 e. The van der Waals surface area contributed by atoms with Crippen molar-refractivity contribution in [3.63, 3.8) is 0 Å². The quantitative estimate of drug-likeness (QED) is 0.773. The number of aryl methyl sites for hydroxylation is 2. The smallest absolute Gasteiger partial charge is 0.308 e. The number of benzene rings is 2. The Balaban J connectivity index is 1.35. The SMILES string of the molecule is CC(=O)N1C=Cc2ccccc2[C@H]1CC(=O)OCC(=O)Nc1ccc2c(c1)CCC2. The van der Waals surface area contributed by atoms with Gasteiger partial charge in [0.1, 0.15) is 0 Å². The number of carbonyl (C=O) groups is 3. The van der Waals surface area contributed by atoms with Gasteiger partial charge in [-0.3, -0.25) is 14.4 Å². The predicted octanol–water partition coefficient (Wildman–Crippen LogP) is 3.62. The van der Waals surface area contributed by atoms with Crippen LogP contribution in [0, 0.1) is 0 Å². The summed E-state index contributed by atoms with van der Waals surface area (Å²) in [4.78, 5) is 38.2. The molecule has 154 valence electrons. The molecule has 0 unspecified atom stereocenters. The van der Waals surface area contributed by atoms with Crippen LogP contribution < -0.4 is 5.32 Å². The lowest BCUT2D eigenvalue weighted by molar-refractivity contribution is -0.149. The molecule has 2 aromatic rings. The number of ether oxygens (including phenoxy) is 1. The van der Waals surface area contributed by atoms with E-state index >= 15 is 0 Å². The van der Waals surface area contributed by atoms with Crippen LogP contribution in [0.15, 0.2) is 48.7 Å². The highest BCUT2D eigenvalue weighted by Gasteiger charge is 2.29. The Kier molecular flexibility index (Phi) is 5.65. The minimum absolute atomic E-state index is 0.0208. The number of amides is 2. The molecule has 0 spiro atoms. The maximum absolute atomic E-state index is 12.4. The minimum atomic E-state index is -0.527. The van der Waals surface area contributed by atoms with Crippen molar-refractivity contribution in [1.82, 2.24) is 4.90 Å². The van der Waals surface area contributed by atoms with E-state index in [1.807, 2.05) is 48.5 Å². The average Bonchev–Trinajstić information content (AvgIpc) is 3.20. The normalized spacial score (nSPS) is 16.6. The molecule has 6 heteroatoms. The fourth-order valence-corrected chi connectivity index (χ4v) is 4.12. The number of anilines is 1. The number of fused-ring (bicyclic) bond motifs is 2. The highest BCUT2D eigenvalue weighted by atomic mass is 16.5. The molecule has 0 aromatic heterocycles. The molecule has 0 radical (unpaired) electrons. The molecule has 6 nitrogen and oxygen atoms in total. The van der Waals surface area contributed by atoms with Crippen LogP contribution in [0.25, 0.3) is 6.08 Å². The first-order valence-corrected chi connectivity index (χ1v) is 10.1. The summed E-state index contributed by atoms with van der Waals surface area (Å²) in [6.07, 6.45) is 6.76. The molecule has 0 saturated heterocycles. The summed E-state index contributed by atoms with van der Waals surface area (Å²) >= 11 is 0. The van der Waals surface area contributed by atoms with Crippen molar-refractivity contribution >= 4 is 29.5 Å². The summed E-state index contributed by atoms with van der Waals surface area (Å²) < 4.78 is 5.20. The Hall–Kier alpha value is -3.41. The first-order valence-electron chi connectivity index (χ1n) is 10.1. The summed E-state index contributed by atoms with van der Waals surface area (Å²) in [6.45, 7) is 1.10. The highest BCUT2D eigenvalue weighted by molar-refractivity contribution is 5.93. The van der Waals surface area contributed by atoms with Crippen molar-refractivity contribution in [2.45, 2.75) is 38.6 Å². The van der Waals surface area contributed by atoms with Gasteiger partial charge < -0.3 is 15.0 Å². The first-order chi connectivity index (χ1) is 14.5. The third-order valence-electron chi connectivity index (χ3n) is 5.58. The van der Waals surface area contributed by atoms with Gasteiger partial charge in [0.05, 0.1) is 12.5 Å². The molecular formula is C24H24N2O4. The van der Waals surface area contributed by atoms with Crippen LogP contribution in [-0.2, 0) is 32.0 Å². The van der Waals surface area contributed by atoms with E-state index in [1.165, 1.54) is 23.0 Å². The van der Waals surface area contributed by atoms with Crippen LogP contribution in [0.4, 0.5) is 5.69 Å². The number of esters is 1. The topological polar surface area (TPSA) is 75.7 Å². The average molecular weight is 404 g/mol. The molecule has 1 aliphatic carbocycles. The Bertz CT molecular complexity index is 1030. The molecule has 4 rings (SSSR count). The summed E-state index contributed by atoms with van der Waals surface area (Å²) in [5, 5.41) is 2.78. The molecule has 0 fully saturated rings. The van der Waals surface area contributed by atoms with Crippen LogP contribution in [0.2, 0.25) is 0 Å². The van der Waals surface area contributed by atoms with Crippen molar-refractivity contribution in [1.29, 1.82) is 0 Å². The van der Waals surface area contributed by atoms with E-state index in [9.17, 15) is 14.4 Å². The van der Waals surface area contributed by atoms with Crippen LogP contribution in [0.3, 0.4) is 0 Å².